The van der Waals surface area contributed by atoms with Crippen molar-refractivity contribution in [3.05, 3.63) is 82.6 Å². The first-order valence-electron chi connectivity index (χ1n) is 8.23. The number of halogens is 1. The standard InChI is InChI=1S/C11H9NO2.C10H6ClNO2/c1-7-2-3-10-9(6-7)8(11(13)14)4-5-12-10;11-6-1-2-7-8(10(13)14)3-4-12-9(7)5-6/h2-6H,1H3,(H,13,14);1-5H,(H,13,14). The number of aromatic carboxylic acids is 2. The number of nitrogens with zero attached hydrogens (tertiary/aromatic N) is 2. The smallest absolute Gasteiger partial charge is 0.336 e. The summed E-state index contributed by atoms with van der Waals surface area (Å²) in [6, 6.07) is 13.5. The number of aromatic nitrogens is 2. The number of rotatable bonds is 2. The minimum absolute atomic E-state index is 0.242. The summed E-state index contributed by atoms with van der Waals surface area (Å²) in [7, 11) is 0. The van der Waals surface area contributed by atoms with Crippen LogP contribution in [0.25, 0.3) is 21.8 Å². The van der Waals surface area contributed by atoms with Gasteiger partial charge in [0.2, 0.25) is 0 Å². The largest absolute Gasteiger partial charge is 0.478 e. The Balaban J connectivity index is 0.000000161. The highest BCUT2D eigenvalue weighted by molar-refractivity contribution is 6.31. The lowest BCUT2D eigenvalue weighted by Gasteiger charge is -2.01. The second kappa shape index (κ2) is 8.02. The number of carbonyl (C=O) groups is 2. The van der Waals surface area contributed by atoms with Crippen molar-refractivity contribution in [2.75, 3.05) is 0 Å². The van der Waals surface area contributed by atoms with Crippen LogP contribution in [0.2, 0.25) is 5.02 Å². The maximum Gasteiger partial charge on any atom is 0.336 e. The lowest BCUT2D eigenvalue weighted by Crippen LogP contribution is -1.98. The number of hydrogen-bond donors (Lipinski definition) is 2. The maximum absolute atomic E-state index is 10.9. The number of carboxylic acids is 2. The Bertz CT molecular complexity index is 1210. The van der Waals surface area contributed by atoms with Crippen LogP contribution in [0, 0.1) is 6.92 Å². The van der Waals surface area contributed by atoms with E-state index in [1.54, 1.807) is 18.2 Å². The van der Waals surface area contributed by atoms with Crippen LogP contribution < -0.4 is 0 Å². The van der Waals surface area contributed by atoms with E-state index in [2.05, 4.69) is 9.97 Å². The van der Waals surface area contributed by atoms with Gasteiger partial charge in [-0.05, 0) is 43.3 Å². The zero-order valence-electron chi connectivity index (χ0n) is 14.8. The van der Waals surface area contributed by atoms with E-state index in [-0.39, 0.29) is 5.56 Å². The average Bonchev–Trinajstić information content (AvgIpc) is 2.67. The summed E-state index contributed by atoms with van der Waals surface area (Å²) in [4.78, 5) is 29.9. The molecule has 0 atom stereocenters. The predicted molar refractivity (Wildman–Crippen MR) is 107 cm³/mol. The van der Waals surface area contributed by atoms with Gasteiger partial charge >= 0.3 is 11.9 Å². The van der Waals surface area contributed by atoms with Crippen molar-refractivity contribution in [1.29, 1.82) is 0 Å². The summed E-state index contributed by atoms with van der Waals surface area (Å²) < 4.78 is 0. The number of carboxylic acid groups (broad SMARTS) is 2. The van der Waals surface area contributed by atoms with Crippen LogP contribution in [0.3, 0.4) is 0 Å². The third kappa shape index (κ3) is 4.07. The van der Waals surface area contributed by atoms with Gasteiger partial charge in [-0.1, -0.05) is 29.3 Å². The molecule has 7 heteroatoms. The Morgan fingerprint density at radius 3 is 2.04 bits per heavy atom. The van der Waals surface area contributed by atoms with Gasteiger partial charge < -0.3 is 10.2 Å². The first-order chi connectivity index (χ1) is 13.4. The highest BCUT2D eigenvalue weighted by atomic mass is 35.5. The van der Waals surface area contributed by atoms with Crippen LogP contribution in [0.4, 0.5) is 0 Å². The van der Waals surface area contributed by atoms with Gasteiger partial charge in [0, 0.05) is 28.2 Å². The van der Waals surface area contributed by atoms with Gasteiger partial charge in [-0.15, -0.1) is 0 Å². The summed E-state index contributed by atoms with van der Waals surface area (Å²) in [5.74, 6) is -1.87. The average molecular weight is 395 g/mol. The third-order valence-corrected chi connectivity index (χ3v) is 4.30. The summed E-state index contributed by atoms with van der Waals surface area (Å²) in [6.45, 7) is 1.93. The van der Waals surface area contributed by atoms with E-state index in [9.17, 15) is 9.59 Å². The molecule has 0 aliphatic heterocycles. The monoisotopic (exact) mass is 394 g/mol. The maximum atomic E-state index is 10.9. The molecular formula is C21H15ClN2O4. The lowest BCUT2D eigenvalue weighted by molar-refractivity contribution is 0.0688. The lowest BCUT2D eigenvalue weighted by atomic mass is 10.1. The molecule has 0 spiro atoms. The van der Waals surface area contributed by atoms with Gasteiger partial charge in [-0.3, -0.25) is 9.97 Å². The Morgan fingerprint density at radius 2 is 1.39 bits per heavy atom. The fraction of sp³-hybridized carbons (Fsp3) is 0.0476. The molecule has 0 fully saturated rings. The van der Waals surface area contributed by atoms with Crippen LogP contribution >= 0.6 is 11.6 Å². The molecule has 28 heavy (non-hydrogen) atoms. The molecular weight excluding hydrogens is 380 g/mol. The van der Waals surface area contributed by atoms with Crippen LogP contribution in [-0.4, -0.2) is 32.1 Å². The van der Waals surface area contributed by atoms with Crippen LogP contribution in [0.5, 0.6) is 0 Å². The number of hydrogen-bond acceptors (Lipinski definition) is 4. The van der Waals surface area contributed by atoms with E-state index in [0.29, 0.717) is 26.9 Å². The molecule has 0 saturated heterocycles. The van der Waals surface area contributed by atoms with Crippen molar-refractivity contribution < 1.29 is 19.8 Å². The summed E-state index contributed by atoms with van der Waals surface area (Å²) in [5, 5.41) is 19.7. The third-order valence-electron chi connectivity index (χ3n) is 4.06. The minimum atomic E-state index is -0.959. The second-order valence-electron chi connectivity index (χ2n) is 6.01. The molecule has 2 aromatic heterocycles. The topological polar surface area (TPSA) is 100 Å². The molecule has 2 heterocycles. The van der Waals surface area contributed by atoms with Crippen molar-refractivity contribution in [2.45, 2.75) is 6.92 Å². The SMILES string of the molecule is Cc1ccc2nccc(C(=O)O)c2c1.O=C(O)c1ccnc2cc(Cl)ccc12. The van der Waals surface area contributed by atoms with E-state index in [1.165, 1.54) is 24.5 Å². The van der Waals surface area contributed by atoms with Gasteiger partial charge in [0.15, 0.2) is 0 Å². The first-order valence-corrected chi connectivity index (χ1v) is 8.61. The number of pyridine rings is 2. The molecule has 0 aliphatic carbocycles. The Hall–Kier alpha value is -3.51. The minimum Gasteiger partial charge on any atom is -0.478 e. The summed E-state index contributed by atoms with van der Waals surface area (Å²) >= 11 is 5.76. The summed E-state index contributed by atoms with van der Waals surface area (Å²) in [6.07, 6.45) is 2.98. The van der Waals surface area contributed by atoms with Crippen LogP contribution in [0.1, 0.15) is 26.3 Å². The van der Waals surface area contributed by atoms with Gasteiger partial charge in [0.1, 0.15) is 0 Å². The zero-order chi connectivity index (χ0) is 20.3. The Labute approximate surface area is 165 Å². The van der Waals surface area contributed by atoms with Gasteiger partial charge in [0.05, 0.1) is 22.2 Å². The van der Waals surface area contributed by atoms with Crippen molar-refractivity contribution in [1.82, 2.24) is 9.97 Å². The van der Waals surface area contributed by atoms with Crippen LogP contribution in [0.15, 0.2) is 60.9 Å². The molecule has 0 amide bonds. The van der Waals surface area contributed by atoms with Crippen molar-refractivity contribution in [2.24, 2.45) is 0 Å². The van der Waals surface area contributed by atoms with Crippen molar-refractivity contribution in [3.8, 4) is 0 Å². The van der Waals surface area contributed by atoms with E-state index in [0.717, 1.165) is 11.1 Å². The molecule has 2 N–H and O–H groups in total. The van der Waals surface area contributed by atoms with E-state index in [1.807, 2.05) is 25.1 Å². The molecule has 6 nitrogen and oxygen atoms in total. The second-order valence-corrected chi connectivity index (χ2v) is 6.45. The summed E-state index contributed by atoms with van der Waals surface area (Å²) in [5.41, 5.74) is 2.89. The van der Waals surface area contributed by atoms with E-state index >= 15 is 0 Å². The number of benzene rings is 2. The predicted octanol–water partition coefficient (Wildman–Crippen LogP) is 4.83. The fourth-order valence-corrected chi connectivity index (χ4v) is 2.92. The highest BCUT2D eigenvalue weighted by Crippen LogP contribution is 2.20. The van der Waals surface area contributed by atoms with Crippen molar-refractivity contribution >= 4 is 45.3 Å². The molecule has 0 bridgehead atoms. The molecule has 4 aromatic rings. The fourth-order valence-electron chi connectivity index (χ4n) is 2.75. The quantitative estimate of drug-likeness (QED) is 0.505. The van der Waals surface area contributed by atoms with Crippen LogP contribution in [-0.2, 0) is 0 Å². The van der Waals surface area contributed by atoms with E-state index in [4.69, 9.17) is 21.8 Å². The van der Waals surface area contributed by atoms with Gasteiger partial charge in [-0.2, -0.15) is 0 Å². The highest BCUT2D eigenvalue weighted by Gasteiger charge is 2.09. The number of aryl methyl sites for hydroxylation is 1. The molecule has 4 rings (SSSR count). The van der Waals surface area contributed by atoms with Crippen molar-refractivity contribution in [3.63, 3.8) is 0 Å². The molecule has 0 radical (unpaired) electrons. The normalized spacial score (nSPS) is 10.4. The first kappa shape index (κ1) is 19.3. The Morgan fingerprint density at radius 1 is 0.786 bits per heavy atom. The number of fused-ring (bicyclic) bond motifs is 2. The molecule has 0 unspecified atom stereocenters. The molecule has 0 aliphatic rings. The van der Waals surface area contributed by atoms with Gasteiger partial charge in [0.25, 0.3) is 0 Å². The van der Waals surface area contributed by atoms with E-state index < -0.39 is 11.9 Å². The Kier molecular flexibility index (Phi) is 5.52. The molecule has 0 saturated carbocycles. The molecule has 140 valence electrons. The zero-order valence-corrected chi connectivity index (χ0v) is 15.5. The molecule has 2 aromatic carbocycles. The van der Waals surface area contributed by atoms with Gasteiger partial charge in [-0.25, -0.2) is 9.59 Å².